The van der Waals surface area contributed by atoms with Crippen LogP contribution in [0.25, 0.3) is 5.69 Å². The molecule has 1 aliphatic carbocycles. The first-order valence-corrected chi connectivity index (χ1v) is 8.82. The van der Waals surface area contributed by atoms with Crippen molar-refractivity contribution in [1.29, 1.82) is 0 Å². The maximum Gasteiger partial charge on any atom is 0.256 e. The maximum absolute atomic E-state index is 13.9. The van der Waals surface area contributed by atoms with Crippen LogP contribution in [0.1, 0.15) is 39.6 Å². The minimum atomic E-state index is -0.295. The highest BCUT2D eigenvalue weighted by atomic mass is 35.5. The third-order valence-corrected chi connectivity index (χ3v) is 5.10. The number of fused-ring (bicyclic) bond motifs is 1. The van der Waals surface area contributed by atoms with Crippen LogP contribution in [0.5, 0.6) is 0 Å². The number of amides is 1. The molecule has 1 amide bonds. The summed E-state index contributed by atoms with van der Waals surface area (Å²) in [6.45, 7) is 1.75. The first-order valence-electron chi connectivity index (χ1n) is 8.45. The predicted molar refractivity (Wildman–Crippen MR) is 98.2 cm³/mol. The molecule has 0 saturated carbocycles. The molecular weight excluding hydrogens is 353 g/mol. The molecule has 3 aromatic rings. The molecule has 4 nitrogen and oxygen atoms in total. The Balaban J connectivity index is 1.63. The zero-order valence-electron chi connectivity index (χ0n) is 14.2. The van der Waals surface area contributed by atoms with Crippen molar-refractivity contribution < 1.29 is 9.18 Å². The molecule has 0 bridgehead atoms. The molecule has 2 aromatic carbocycles. The smallest absolute Gasteiger partial charge is 0.256 e. The molecular formula is C20H17ClFN3O. The van der Waals surface area contributed by atoms with E-state index in [1.807, 2.05) is 36.4 Å². The van der Waals surface area contributed by atoms with Gasteiger partial charge in [0, 0.05) is 0 Å². The van der Waals surface area contributed by atoms with Gasteiger partial charge in [-0.2, -0.15) is 5.10 Å². The maximum atomic E-state index is 13.9. The Bertz CT molecular complexity index is 984. The summed E-state index contributed by atoms with van der Waals surface area (Å²) >= 11 is 6.45. The first-order chi connectivity index (χ1) is 12.6. The van der Waals surface area contributed by atoms with Crippen LogP contribution in [-0.2, 0) is 6.42 Å². The largest absolute Gasteiger partial charge is 0.345 e. The molecule has 4 rings (SSSR count). The Morgan fingerprint density at radius 2 is 2.00 bits per heavy atom. The second kappa shape index (κ2) is 6.57. The van der Waals surface area contributed by atoms with Gasteiger partial charge in [-0.25, -0.2) is 9.07 Å². The number of halogens is 2. The van der Waals surface area contributed by atoms with Crippen LogP contribution < -0.4 is 5.32 Å². The lowest BCUT2D eigenvalue weighted by atomic mass is 10.1. The van der Waals surface area contributed by atoms with E-state index in [1.165, 1.54) is 6.07 Å². The Kier molecular flexibility index (Phi) is 4.24. The molecule has 132 valence electrons. The zero-order valence-corrected chi connectivity index (χ0v) is 14.9. The average molecular weight is 370 g/mol. The molecule has 26 heavy (non-hydrogen) atoms. The van der Waals surface area contributed by atoms with Crippen molar-refractivity contribution in [2.75, 3.05) is 0 Å². The van der Waals surface area contributed by atoms with E-state index < -0.39 is 0 Å². The molecule has 0 spiro atoms. The highest BCUT2D eigenvalue weighted by Crippen LogP contribution is 2.33. The molecule has 1 aromatic heterocycles. The number of benzene rings is 2. The quantitative estimate of drug-likeness (QED) is 0.744. The summed E-state index contributed by atoms with van der Waals surface area (Å²) in [4.78, 5) is 12.8. The number of hydrogen-bond acceptors (Lipinski definition) is 2. The third-order valence-electron chi connectivity index (χ3n) is 4.75. The molecule has 0 saturated heterocycles. The van der Waals surface area contributed by atoms with E-state index in [1.54, 1.807) is 17.7 Å². The van der Waals surface area contributed by atoms with E-state index in [0.29, 0.717) is 29.7 Å². The summed E-state index contributed by atoms with van der Waals surface area (Å²) in [6.07, 6.45) is 1.29. The summed E-state index contributed by atoms with van der Waals surface area (Å²) < 4.78 is 15.4. The lowest BCUT2D eigenvalue weighted by Gasteiger charge is -2.14. The van der Waals surface area contributed by atoms with E-state index in [4.69, 9.17) is 11.6 Å². The van der Waals surface area contributed by atoms with Crippen LogP contribution in [0, 0.1) is 12.7 Å². The van der Waals surface area contributed by atoms with E-state index in [2.05, 4.69) is 10.4 Å². The van der Waals surface area contributed by atoms with Gasteiger partial charge in [0.1, 0.15) is 11.0 Å². The molecule has 1 heterocycles. The SMILES string of the molecule is Cc1nn(-c2ccccc2)c(Cl)c1C(=O)NC1CCc2c(F)cccc21. The predicted octanol–water partition coefficient (Wildman–Crippen LogP) is 4.39. The highest BCUT2D eigenvalue weighted by Gasteiger charge is 2.29. The van der Waals surface area contributed by atoms with Crippen LogP contribution in [0.15, 0.2) is 48.5 Å². The van der Waals surface area contributed by atoms with Gasteiger partial charge in [-0.15, -0.1) is 0 Å². The first kappa shape index (κ1) is 16.8. The third kappa shape index (κ3) is 2.78. The molecule has 0 radical (unpaired) electrons. The van der Waals surface area contributed by atoms with Gasteiger partial charge in [0.05, 0.1) is 23.0 Å². The van der Waals surface area contributed by atoms with Crippen molar-refractivity contribution in [2.45, 2.75) is 25.8 Å². The van der Waals surface area contributed by atoms with Crippen molar-refractivity contribution in [2.24, 2.45) is 0 Å². The Labute approximate surface area is 155 Å². The van der Waals surface area contributed by atoms with Gasteiger partial charge >= 0.3 is 0 Å². The number of carbonyl (C=O) groups excluding carboxylic acids is 1. The van der Waals surface area contributed by atoms with Crippen molar-refractivity contribution in [3.05, 3.63) is 81.9 Å². The van der Waals surface area contributed by atoms with Gasteiger partial charge in [0.15, 0.2) is 0 Å². The standard InChI is InChI=1S/C20H17ClFN3O/c1-12-18(19(21)25(24-12)13-6-3-2-4-7-13)20(26)23-17-11-10-14-15(17)8-5-9-16(14)22/h2-9,17H,10-11H2,1H3,(H,23,26). The minimum absolute atomic E-state index is 0.217. The second-order valence-corrected chi connectivity index (χ2v) is 6.73. The van der Waals surface area contributed by atoms with E-state index in [0.717, 1.165) is 11.3 Å². The molecule has 1 unspecified atom stereocenters. The number of rotatable bonds is 3. The van der Waals surface area contributed by atoms with Gasteiger partial charge in [-0.1, -0.05) is 41.9 Å². The molecule has 0 fully saturated rings. The molecule has 1 atom stereocenters. The number of nitrogens with one attached hydrogen (secondary N) is 1. The van der Waals surface area contributed by atoms with Gasteiger partial charge < -0.3 is 5.32 Å². The van der Waals surface area contributed by atoms with Crippen molar-refractivity contribution in [1.82, 2.24) is 15.1 Å². The lowest BCUT2D eigenvalue weighted by Crippen LogP contribution is -2.27. The number of para-hydroxylation sites is 1. The second-order valence-electron chi connectivity index (χ2n) is 6.37. The van der Waals surface area contributed by atoms with Gasteiger partial charge in [-0.05, 0) is 49.1 Å². The molecule has 0 aliphatic heterocycles. The van der Waals surface area contributed by atoms with Crippen molar-refractivity contribution in [3.8, 4) is 5.69 Å². The van der Waals surface area contributed by atoms with E-state index >= 15 is 0 Å². The molecule has 6 heteroatoms. The fourth-order valence-electron chi connectivity index (χ4n) is 3.49. The molecule has 1 N–H and O–H groups in total. The van der Waals surface area contributed by atoms with E-state index in [-0.39, 0.29) is 22.9 Å². The Morgan fingerprint density at radius 1 is 1.23 bits per heavy atom. The van der Waals surface area contributed by atoms with Crippen LogP contribution >= 0.6 is 11.6 Å². The monoisotopic (exact) mass is 369 g/mol. The highest BCUT2D eigenvalue weighted by molar-refractivity contribution is 6.33. The normalized spacial score (nSPS) is 15.7. The van der Waals surface area contributed by atoms with Crippen LogP contribution in [0.3, 0.4) is 0 Å². The van der Waals surface area contributed by atoms with E-state index in [9.17, 15) is 9.18 Å². The van der Waals surface area contributed by atoms with Crippen LogP contribution in [-0.4, -0.2) is 15.7 Å². The summed E-state index contributed by atoms with van der Waals surface area (Å²) in [5.74, 6) is -0.512. The number of aryl methyl sites for hydroxylation is 1. The minimum Gasteiger partial charge on any atom is -0.345 e. The Hall–Kier alpha value is -2.66. The van der Waals surface area contributed by atoms with Gasteiger partial charge in [-0.3, -0.25) is 4.79 Å². The lowest BCUT2D eigenvalue weighted by molar-refractivity contribution is 0.0936. The van der Waals surface area contributed by atoms with Gasteiger partial charge in [0.2, 0.25) is 0 Å². The zero-order chi connectivity index (χ0) is 18.3. The van der Waals surface area contributed by atoms with Crippen molar-refractivity contribution in [3.63, 3.8) is 0 Å². The summed E-state index contributed by atoms with van der Waals surface area (Å²) in [5.41, 5.74) is 3.20. The summed E-state index contributed by atoms with van der Waals surface area (Å²) in [6, 6.07) is 14.2. The summed E-state index contributed by atoms with van der Waals surface area (Å²) in [7, 11) is 0. The van der Waals surface area contributed by atoms with Crippen molar-refractivity contribution >= 4 is 17.5 Å². The molecule has 1 aliphatic rings. The fourth-order valence-corrected chi connectivity index (χ4v) is 3.85. The van der Waals surface area contributed by atoms with Crippen LogP contribution in [0.4, 0.5) is 4.39 Å². The average Bonchev–Trinajstić information content (AvgIpc) is 3.17. The number of aromatic nitrogens is 2. The Morgan fingerprint density at radius 3 is 2.77 bits per heavy atom. The number of nitrogens with zero attached hydrogens (tertiary/aromatic N) is 2. The van der Waals surface area contributed by atoms with Crippen LogP contribution in [0.2, 0.25) is 5.15 Å². The summed E-state index contributed by atoms with van der Waals surface area (Å²) in [5, 5.41) is 7.65. The topological polar surface area (TPSA) is 46.9 Å². The van der Waals surface area contributed by atoms with Gasteiger partial charge in [0.25, 0.3) is 5.91 Å². The number of hydrogen-bond donors (Lipinski definition) is 1. The fraction of sp³-hybridized carbons (Fsp3) is 0.200. The number of carbonyl (C=O) groups is 1.